The van der Waals surface area contributed by atoms with E-state index in [1.807, 2.05) is 0 Å². The van der Waals surface area contributed by atoms with Crippen LogP contribution in [0.5, 0.6) is 0 Å². The summed E-state index contributed by atoms with van der Waals surface area (Å²) in [6.07, 6.45) is -6.26. The van der Waals surface area contributed by atoms with Crippen molar-refractivity contribution in [2.24, 2.45) is 5.73 Å². The minimum absolute atomic E-state index is 0.109. The van der Waals surface area contributed by atoms with E-state index in [0.717, 1.165) is 16.2 Å². The number of hydrogen-bond acceptors (Lipinski definition) is 3. The number of rotatable bonds is 4. The van der Waals surface area contributed by atoms with Gasteiger partial charge in [0.1, 0.15) is 5.00 Å². The molecule has 1 rings (SSSR count). The van der Waals surface area contributed by atoms with Crippen LogP contribution >= 0.6 is 11.3 Å². The minimum atomic E-state index is -4.38. The van der Waals surface area contributed by atoms with E-state index in [1.165, 1.54) is 6.07 Å². The third-order valence-electron chi connectivity index (χ3n) is 2.01. The van der Waals surface area contributed by atoms with Crippen LogP contribution in [-0.4, -0.2) is 18.0 Å². The highest BCUT2D eigenvalue weighted by atomic mass is 32.1. The van der Waals surface area contributed by atoms with Gasteiger partial charge in [0.25, 0.3) is 5.91 Å². The van der Waals surface area contributed by atoms with Crippen molar-refractivity contribution in [2.75, 3.05) is 5.32 Å². The molecule has 1 aromatic heterocycles. The van der Waals surface area contributed by atoms with Gasteiger partial charge in [-0.05, 0) is 13.0 Å². The zero-order valence-electron chi connectivity index (χ0n) is 9.43. The molecule has 100 valence electrons. The number of nitrogens with one attached hydrogen (secondary N) is 1. The molecule has 0 saturated carbocycles. The molecule has 18 heavy (non-hydrogen) atoms. The Morgan fingerprint density at radius 2 is 2.06 bits per heavy atom. The first kappa shape index (κ1) is 14.5. The van der Waals surface area contributed by atoms with Crippen LogP contribution in [0.3, 0.4) is 0 Å². The Morgan fingerprint density at radius 1 is 1.44 bits per heavy atom. The van der Waals surface area contributed by atoms with Crippen molar-refractivity contribution in [1.29, 1.82) is 0 Å². The van der Waals surface area contributed by atoms with Gasteiger partial charge in [-0.15, -0.1) is 11.3 Å². The number of alkyl halides is 3. The molecule has 0 fully saturated rings. The van der Waals surface area contributed by atoms with Gasteiger partial charge < -0.3 is 11.1 Å². The lowest BCUT2D eigenvalue weighted by Crippen LogP contribution is -2.18. The summed E-state index contributed by atoms with van der Waals surface area (Å²) in [4.78, 5) is 23.0. The second-order valence-electron chi connectivity index (χ2n) is 3.63. The molecule has 0 unspecified atom stereocenters. The normalized spacial score (nSPS) is 11.3. The van der Waals surface area contributed by atoms with Crippen molar-refractivity contribution < 1.29 is 22.8 Å². The van der Waals surface area contributed by atoms with E-state index in [-0.39, 0.29) is 10.6 Å². The van der Waals surface area contributed by atoms with Crippen molar-refractivity contribution in [3.63, 3.8) is 0 Å². The van der Waals surface area contributed by atoms with Crippen LogP contribution in [0.15, 0.2) is 6.07 Å². The summed E-state index contributed by atoms with van der Waals surface area (Å²) in [5.74, 6) is -1.53. The van der Waals surface area contributed by atoms with E-state index < -0.39 is 30.8 Å². The number of hydrogen-bond donors (Lipinski definition) is 2. The Morgan fingerprint density at radius 3 is 2.56 bits per heavy atom. The third-order valence-corrected chi connectivity index (χ3v) is 2.98. The largest absolute Gasteiger partial charge is 0.389 e. The summed E-state index contributed by atoms with van der Waals surface area (Å²) in [7, 11) is 0. The summed E-state index contributed by atoms with van der Waals surface area (Å²) in [5.41, 5.74) is 5.19. The number of carbonyl (C=O) groups is 2. The highest BCUT2D eigenvalue weighted by molar-refractivity contribution is 7.16. The first-order chi connectivity index (χ1) is 8.19. The molecule has 0 radical (unpaired) electrons. The van der Waals surface area contributed by atoms with Crippen molar-refractivity contribution in [2.45, 2.75) is 25.9 Å². The Bertz CT molecular complexity index is 468. The molecular formula is C10H11F3N2O2S. The lowest BCUT2D eigenvalue weighted by Gasteiger charge is -2.06. The molecule has 4 nitrogen and oxygen atoms in total. The van der Waals surface area contributed by atoms with Gasteiger partial charge in [-0.25, -0.2) is 0 Å². The summed E-state index contributed by atoms with van der Waals surface area (Å²) < 4.78 is 35.7. The molecule has 2 amide bonds. The number of carbonyl (C=O) groups excluding carboxylic acids is 2. The molecule has 0 spiro atoms. The van der Waals surface area contributed by atoms with Crippen LogP contribution in [0.25, 0.3) is 0 Å². The SMILES string of the molecule is Cc1cc(C(N)=O)c(NC(=O)CCC(F)(F)F)s1. The first-order valence-corrected chi connectivity index (χ1v) is 5.77. The smallest absolute Gasteiger partial charge is 0.366 e. The second-order valence-corrected chi connectivity index (χ2v) is 4.88. The van der Waals surface area contributed by atoms with Gasteiger partial charge in [-0.2, -0.15) is 13.2 Å². The van der Waals surface area contributed by atoms with Gasteiger partial charge in [-0.3, -0.25) is 9.59 Å². The van der Waals surface area contributed by atoms with Gasteiger partial charge in [0.2, 0.25) is 5.91 Å². The van der Waals surface area contributed by atoms with E-state index in [4.69, 9.17) is 5.73 Å². The number of halogens is 3. The first-order valence-electron chi connectivity index (χ1n) is 4.96. The zero-order chi connectivity index (χ0) is 13.9. The molecule has 0 saturated heterocycles. The van der Waals surface area contributed by atoms with Gasteiger partial charge in [0.05, 0.1) is 12.0 Å². The van der Waals surface area contributed by atoms with Gasteiger partial charge in [0.15, 0.2) is 0 Å². The Labute approximate surface area is 105 Å². The molecule has 0 bridgehead atoms. The van der Waals surface area contributed by atoms with E-state index in [9.17, 15) is 22.8 Å². The number of anilines is 1. The predicted molar refractivity (Wildman–Crippen MR) is 61.5 cm³/mol. The van der Waals surface area contributed by atoms with Crippen molar-refractivity contribution in [3.8, 4) is 0 Å². The van der Waals surface area contributed by atoms with Gasteiger partial charge in [-0.1, -0.05) is 0 Å². The highest BCUT2D eigenvalue weighted by Crippen LogP contribution is 2.28. The van der Waals surface area contributed by atoms with E-state index >= 15 is 0 Å². The van der Waals surface area contributed by atoms with Crippen LogP contribution in [0.4, 0.5) is 18.2 Å². The number of thiophene rings is 1. The Hall–Kier alpha value is -1.57. The maximum absolute atomic E-state index is 11.9. The molecule has 0 aliphatic rings. The summed E-state index contributed by atoms with van der Waals surface area (Å²) in [6.45, 7) is 1.70. The summed E-state index contributed by atoms with van der Waals surface area (Å²) in [6, 6.07) is 1.48. The van der Waals surface area contributed by atoms with Crippen LogP contribution in [0.1, 0.15) is 28.1 Å². The number of primary amides is 1. The lowest BCUT2D eigenvalue weighted by atomic mass is 10.2. The quantitative estimate of drug-likeness (QED) is 0.889. The molecule has 1 heterocycles. The third kappa shape index (κ3) is 4.36. The fourth-order valence-electron chi connectivity index (χ4n) is 1.23. The fourth-order valence-corrected chi connectivity index (χ4v) is 2.17. The fraction of sp³-hybridized carbons (Fsp3) is 0.400. The summed E-state index contributed by atoms with van der Waals surface area (Å²) in [5, 5.41) is 2.45. The number of nitrogens with two attached hydrogens (primary N) is 1. The predicted octanol–water partition coefficient (Wildman–Crippen LogP) is 2.44. The van der Waals surface area contributed by atoms with Crippen molar-refractivity contribution in [1.82, 2.24) is 0 Å². The molecule has 3 N–H and O–H groups in total. The summed E-state index contributed by atoms with van der Waals surface area (Å²) >= 11 is 1.09. The maximum Gasteiger partial charge on any atom is 0.389 e. The van der Waals surface area contributed by atoms with Gasteiger partial charge >= 0.3 is 6.18 Å². The molecule has 0 aliphatic heterocycles. The van der Waals surface area contributed by atoms with Crippen LogP contribution < -0.4 is 11.1 Å². The Balaban J connectivity index is 2.67. The second kappa shape index (κ2) is 5.38. The monoisotopic (exact) mass is 280 g/mol. The molecule has 1 aromatic rings. The van der Waals surface area contributed by atoms with E-state index in [1.54, 1.807) is 6.92 Å². The van der Waals surface area contributed by atoms with Crippen LogP contribution in [0, 0.1) is 6.92 Å². The van der Waals surface area contributed by atoms with Crippen LogP contribution in [-0.2, 0) is 4.79 Å². The number of amides is 2. The number of aryl methyl sites for hydroxylation is 1. The van der Waals surface area contributed by atoms with E-state index in [2.05, 4.69) is 5.32 Å². The molecule has 8 heteroatoms. The topological polar surface area (TPSA) is 72.2 Å². The highest BCUT2D eigenvalue weighted by Gasteiger charge is 2.28. The average Bonchev–Trinajstić information content (AvgIpc) is 2.55. The van der Waals surface area contributed by atoms with Crippen molar-refractivity contribution in [3.05, 3.63) is 16.5 Å². The van der Waals surface area contributed by atoms with Gasteiger partial charge in [0, 0.05) is 11.3 Å². The molecule has 0 atom stereocenters. The molecule has 0 aliphatic carbocycles. The lowest BCUT2D eigenvalue weighted by molar-refractivity contribution is -0.142. The van der Waals surface area contributed by atoms with Crippen molar-refractivity contribution >= 4 is 28.2 Å². The average molecular weight is 280 g/mol. The van der Waals surface area contributed by atoms with E-state index in [0.29, 0.717) is 0 Å². The zero-order valence-corrected chi connectivity index (χ0v) is 10.2. The minimum Gasteiger partial charge on any atom is -0.366 e. The molecule has 0 aromatic carbocycles. The maximum atomic E-state index is 11.9. The standard InChI is InChI=1S/C10H11F3N2O2S/c1-5-4-6(8(14)17)9(18-5)15-7(16)2-3-10(11,12)13/h4H,2-3H2,1H3,(H2,14,17)(H,15,16). The molecular weight excluding hydrogens is 269 g/mol. The Kier molecular flexibility index (Phi) is 4.33. The van der Waals surface area contributed by atoms with Crippen LogP contribution in [0.2, 0.25) is 0 Å².